The Hall–Kier alpha value is -3.21. The third-order valence-electron chi connectivity index (χ3n) is 11.1. The van der Waals surface area contributed by atoms with Crippen LogP contribution in [-0.2, 0) is 4.79 Å². The molecule has 2 N–H and O–H groups in total. The van der Waals surface area contributed by atoms with Crippen LogP contribution in [0.25, 0.3) is 22.2 Å². The molecule has 11 heteroatoms. The normalized spacial score (nSPS) is 27.2. The molecule has 5 fully saturated rings. The van der Waals surface area contributed by atoms with Crippen molar-refractivity contribution < 1.29 is 19.0 Å². The number of hydrogen-bond acceptors (Lipinski definition) is 8. The average Bonchev–Trinajstić information content (AvgIpc) is 3.46. The lowest BCUT2D eigenvalue weighted by Gasteiger charge is -2.48. The Morgan fingerprint density at radius 2 is 1.95 bits per heavy atom. The minimum atomic E-state index is -0.575. The molecule has 6 aliphatic rings. The average molecular weight is 619 g/mol. The quantitative estimate of drug-likeness (QED) is 0.414. The number of ether oxygens (including phenoxy) is 1. The highest BCUT2D eigenvalue weighted by Crippen LogP contribution is 2.52. The van der Waals surface area contributed by atoms with Crippen molar-refractivity contribution in [3.05, 3.63) is 34.7 Å². The first-order chi connectivity index (χ1) is 21.3. The molecule has 9 rings (SSSR count). The van der Waals surface area contributed by atoms with Crippen molar-refractivity contribution in [3.63, 3.8) is 0 Å². The lowest BCUT2D eigenvalue weighted by atomic mass is 9.95. The molecule has 0 radical (unpaired) electrons. The Morgan fingerprint density at radius 3 is 2.73 bits per heavy atom. The number of carbonyl (C=O) groups is 1. The van der Waals surface area contributed by atoms with E-state index in [0.717, 1.165) is 75.7 Å². The molecule has 1 amide bonds. The van der Waals surface area contributed by atoms with Crippen LogP contribution in [0.2, 0.25) is 5.02 Å². The molecule has 2 aromatic heterocycles. The second kappa shape index (κ2) is 9.64. The number of rotatable bonds is 5. The van der Waals surface area contributed by atoms with E-state index in [2.05, 4.69) is 20.1 Å². The van der Waals surface area contributed by atoms with Gasteiger partial charge in [0.2, 0.25) is 5.88 Å². The van der Waals surface area contributed by atoms with Crippen LogP contribution >= 0.6 is 11.6 Å². The minimum Gasteiger partial charge on any atom is -0.508 e. The zero-order valence-corrected chi connectivity index (χ0v) is 25.5. The van der Waals surface area contributed by atoms with Gasteiger partial charge in [0.25, 0.3) is 5.91 Å². The number of hydrogen-bond donors (Lipinski definition) is 2. The second-order valence-electron chi connectivity index (χ2n) is 13.7. The molecule has 230 valence electrons. The topological polar surface area (TPSA) is 94.1 Å². The van der Waals surface area contributed by atoms with Gasteiger partial charge in [-0.1, -0.05) is 11.6 Å². The Balaban J connectivity index is 1.25. The molecule has 2 bridgehead atoms. The van der Waals surface area contributed by atoms with E-state index >= 15 is 4.39 Å². The number of phenolic OH excluding ortho intramolecular Hbond substituents is 1. The van der Waals surface area contributed by atoms with Crippen molar-refractivity contribution >= 4 is 39.8 Å². The third-order valence-corrected chi connectivity index (χ3v) is 11.5. The van der Waals surface area contributed by atoms with Crippen molar-refractivity contribution in [2.24, 2.45) is 0 Å². The zero-order chi connectivity index (χ0) is 29.9. The number of aromatic nitrogens is 2. The molecule has 44 heavy (non-hydrogen) atoms. The maximum Gasteiger partial charge on any atom is 0.251 e. The number of nitrogens with one attached hydrogen (secondary N) is 1. The predicted octanol–water partition coefficient (Wildman–Crippen LogP) is 4.97. The molecule has 1 aromatic carbocycles. The van der Waals surface area contributed by atoms with Crippen LogP contribution < -0.4 is 19.9 Å². The molecule has 3 aromatic rings. The van der Waals surface area contributed by atoms with Crippen molar-refractivity contribution in [2.75, 3.05) is 43.1 Å². The first-order valence-corrected chi connectivity index (χ1v) is 16.4. The van der Waals surface area contributed by atoms with Crippen LogP contribution in [0.4, 0.5) is 15.8 Å². The Kier molecular flexibility index (Phi) is 5.95. The summed E-state index contributed by atoms with van der Waals surface area (Å²) in [5.41, 5.74) is 2.89. The van der Waals surface area contributed by atoms with Crippen LogP contribution in [0.1, 0.15) is 62.8 Å². The van der Waals surface area contributed by atoms with E-state index in [-0.39, 0.29) is 52.3 Å². The molecule has 4 saturated heterocycles. The van der Waals surface area contributed by atoms with Gasteiger partial charge in [0.15, 0.2) is 5.82 Å². The maximum absolute atomic E-state index is 16.9. The minimum absolute atomic E-state index is 0.00333. The highest BCUT2D eigenvalue weighted by atomic mass is 35.5. The highest BCUT2D eigenvalue weighted by Gasteiger charge is 2.51. The van der Waals surface area contributed by atoms with Crippen LogP contribution in [-0.4, -0.2) is 82.8 Å². The van der Waals surface area contributed by atoms with Crippen LogP contribution in [0, 0.1) is 5.82 Å². The number of aromatic hydroxyl groups is 1. The second-order valence-corrected chi connectivity index (χ2v) is 14.1. The number of nitrogens with zero attached hydrogens (tertiary/aromatic N) is 5. The van der Waals surface area contributed by atoms with E-state index in [1.54, 1.807) is 24.2 Å². The van der Waals surface area contributed by atoms with Crippen LogP contribution in [0.15, 0.2) is 18.3 Å². The Morgan fingerprint density at radius 1 is 1.16 bits per heavy atom. The number of pyridine rings is 2. The number of benzene rings is 1. The molecule has 3 atom stereocenters. The SMILES string of the molecule is CN1C(=O)C2C3CCC(CN2c2c1c(OCC14CCCN1CCC4)nc1c(F)c(-c4cc(O)cc(Cl)c4C4CC4)ncc21)N3. The number of carbonyl (C=O) groups excluding carboxylic acids is 1. The smallest absolute Gasteiger partial charge is 0.251 e. The summed E-state index contributed by atoms with van der Waals surface area (Å²) in [4.78, 5) is 29.8. The van der Waals surface area contributed by atoms with Crippen molar-refractivity contribution in [2.45, 2.75) is 80.9 Å². The summed E-state index contributed by atoms with van der Waals surface area (Å²) in [5, 5.41) is 15.1. The van der Waals surface area contributed by atoms with E-state index in [0.29, 0.717) is 34.8 Å². The largest absolute Gasteiger partial charge is 0.508 e. The molecule has 0 spiro atoms. The molecule has 5 aliphatic heterocycles. The van der Waals surface area contributed by atoms with Gasteiger partial charge in [0, 0.05) is 47.8 Å². The number of amides is 1. The molecule has 9 nitrogen and oxygen atoms in total. The lowest BCUT2D eigenvalue weighted by molar-refractivity contribution is -0.120. The van der Waals surface area contributed by atoms with Gasteiger partial charge >= 0.3 is 0 Å². The van der Waals surface area contributed by atoms with Crippen molar-refractivity contribution in [1.29, 1.82) is 0 Å². The molecular formula is C33H36ClFN6O3. The number of phenols is 1. The summed E-state index contributed by atoms with van der Waals surface area (Å²) in [6.07, 6.45) is 9.90. The molecular weight excluding hydrogens is 583 g/mol. The van der Waals surface area contributed by atoms with E-state index in [1.807, 2.05) is 0 Å². The van der Waals surface area contributed by atoms with E-state index in [9.17, 15) is 9.90 Å². The number of fused-ring (bicyclic) bond motifs is 9. The Bertz CT molecular complexity index is 1720. The predicted molar refractivity (Wildman–Crippen MR) is 166 cm³/mol. The first-order valence-electron chi connectivity index (χ1n) is 16.1. The van der Waals surface area contributed by atoms with Gasteiger partial charge in [0.1, 0.15) is 35.3 Å². The molecule has 1 saturated carbocycles. The highest BCUT2D eigenvalue weighted by molar-refractivity contribution is 6.32. The molecule has 1 aliphatic carbocycles. The van der Waals surface area contributed by atoms with Gasteiger partial charge < -0.3 is 25.0 Å². The van der Waals surface area contributed by atoms with Crippen LogP contribution in [0.3, 0.4) is 0 Å². The van der Waals surface area contributed by atoms with Crippen molar-refractivity contribution in [1.82, 2.24) is 20.2 Å². The van der Waals surface area contributed by atoms with Gasteiger partial charge in [-0.25, -0.2) is 9.37 Å². The maximum atomic E-state index is 16.9. The lowest BCUT2D eigenvalue weighted by Crippen LogP contribution is -2.66. The fourth-order valence-electron chi connectivity index (χ4n) is 8.93. The molecule has 3 unspecified atom stereocenters. The van der Waals surface area contributed by atoms with E-state index in [4.69, 9.17) is 21.3 Å². The molecule has 7 heterocycles. The summed E-state index contributed by atoms with van der Waals surface area (Å²) in [6.45, 7) is 3.22. The van der Waals surface area contributed by atoms with E-state index in [1.165, 1.54) is 6.07 Å². The first kappa shape index (κ1) is 27.1. The summed E-state index contributed by atoms with van der Waals surface area (Å²) in [5.74, 6) is -0.115. The van der Waals surface area contributed by atoms with Gasteiger partial charge in [-0.2, -0.15) is 0 Å². The van der Waals surface area contributed by atoms with Gasteiger partial charge in [-0.3, -0.25) is 14.7 Å². The van der Waals surface area contributed by atoms with Gasteiger partial charge in [-0.15, -0.1) is 0 Å². The van der Waals surface area contributed by atoms with E-state index < -0.39 is 11.9 Å². The standard InChI is InChI=1S/C33H36ClFN6O3/c1-39-30-28(41-15-18-6-7-23(37-18)29(41)32(39)43)21-14-36-26(20-12-19(42)13-22(34)24(20)17-4-5-17)25(35)27(21)38-31(30)44-16-33-8-2-10-40(33)11-3-9-33/h12-14,17-18,23,29,37,42H,2-11,15-16H2,1H3. The number of piperazine rings is 1. The fourth-order valence-corrected chi connectivity index (χ4v) is 9.30. The van der Waals surface area contributed by atoms with Gasteiger partial charge in [0.05, 0.1) is 11.2 Å². The van der Waals surface area contributed by atoms with Crippen LogP contribution in [0.5, 0.6) is 11.6 Å². The summed E-state index contributed by atoms with van der Waals surface area (Å²) in [7, 11) is 1.78. The van der Waals surface area contributed by atoms with Gasteiger partial charge in [-0.05, 0) is 88.1 Å². The monoisotopic (exact) mass is 618 g/mol. The number of likely N-dealkylation sites (N-methyl/N-ethyl adjacent to an activating group) is 1. The number of anilines is 2. The summed E-state index contributed by atoms with van der Waals surface area (Å²) >= 11 is 6.60. The van der Waals surface area contributed by atoms with Crippen molar-refractivity contribution in [3.8, 4) is 22.9 Å². The summed E-state index contributed by atoms with van der Waals surface area (Å²) in [6, 6.07) is 2.96. The zero-order valence-electron chi connectivity index (χ0n) is 24.8. The summed E-state index contributed by atoms with van der Waals surface area (Å²) < 4.78 is 23.6. The fraction of sp³-hybridized carbons (Fsp3) is 0.545. The number of halogens is 2. The Labute approximate surface area is 260 Å². The third kappa shape index (κ3) is 3.86.